The monoisotopic (exact) mass is 666 g/mol. The molecule has 2 atom stereocenters. The van der Waals surface area contributed by atoms with E-state index in [4.69, 9.17) is 34.8 Å². The Kier molecular flexibility index (Phi) is 11.6. The molecule has 4 rings (SSSR count). The van der Waals surface area contributed by atoms with Gasteiger partial charge in [-0.15, -0.1) is 0 Å². The molecule has 1 unspecified atom stereocenters. The van der Waals surface area contributed by atoms with E-state index in [-0.39, 0.29) is 35.3 Å². The van der Waals surface area contributed by atoms with Crippen molar-refractivity contribution in [3.05, 3.63) is 118 Å². The van der Waals surface area contributed by atoms with Crippen molar-refractivity contribution < 1.29 is 18.0 Å². The SMILES string of the molecule is CC(C)C[C@H](C(=O)Cc1cncn1Cc1ccc(C#N)cc1)C(N)N(Cc1ccccc1C(F)(F)F)C(=S)Nc1cccc(Cl)c1. The third-order valence-electron chi connectivity index (χ3n) is 7.50. The highest BCUT2D eigenvalue weighted by atomic mass is 35.5. The van der Waals surface area contributed by atoms with E-state index in [1.54, 1.807) is 48.9 Å². The van der Waals surface area contributed by atoms with Crippen LogP contribution in [0.15, 0.2) is 85.3 Å². The summed E-state index contributed by atoms with van der Waals surface area (Å²) in [6.45, 7) is 4.05. The maximum absolute atomic E-state index is 14.0. The summed E-state index contributed by atoms with van der Waals surface area (Å²) >= 11 is 11.9. The van der Waals surface area contributed by atoms with Gasteiger partial charge in [0.05, 0.1) is 35.6 Å². The number of hydrogen-bond donors (Lipinski definition) is 2. The van der Waals surface area contributed by atoms with Gasteiger partial charge < -0.3 is 20.5 Å². The van der Waals surface area contributed by atoms with Gasteiger partial charge in [-0.1, -0.05) is 61.8 Å². The lowest BCUT2D eigenvalue weighted by Gasteiger charge is -2.37. The lowest BCUT2D eigenvalue weighted by Crippen LogP contribution is -2.53. The van der Waals surface area contributed by atoms with Gasteiger partial charge in [0.15, 0.2) is 5.11 Å². The minimum absolute atomic E-state index is 0.00281. The number of nitrogens with one attached hydrogen (secondary N) is 1. The highest BCUT2D eigenvalue weighted by molar-refractivity contribution is 7.80. The maximum Gasteiger partial charge on any atom is 0.416 e. The number of carbonyl (C=O) groups excluding carboxylic acids is 1. The second-order valence-corrected chi connectivity index (χ2v) is 12.2. The Morgan fingerprint density at radius 3 is 2.50 bits per heavy atom. The minimum atomic E-state index is -4.60. The van der Waals surface area contributed by atoms with Crippen LogP contribution in [0.5, 0.6) is 0 Å². The molecule has 3 aromatic carbocycles. The number of hydrogen-bond acceptors (Lipinski definition) is 5. The van der Waals surface area contributed by atoms with Gasteiger partial charge in [0.1, 0.15) is 5.78 Å². The Morgan fingerprint density at radius 2 is 1.85 bits per heavy atom. The molecule has 7 nitrogen and oxygen atoms in total. The summed E-state index contributed by atoms with van der Waals surface area (Å²) in [7, 11) is 0. The zero-order valence-electron chi connectivity index (χ0n) is 25.3. The second kappa shape index (κ2) is 15.4. The molecule has 240 valence electrons. The Labute approximate surface area is 276 Å². The van der Waals surface area contributed by atoms with Gasteiger partial charge >= 0.3 is 6.18 Å². The molecule has 12 heteroatoms. The second-order valence-electron chi connectivity index (χ2n) is 11.4. The van der Waals surface area contributed by atoms with E-state index < -0.39 is 23.8 Å². The van der Waals surface area contributed by atoms with Crippen molar-refractivity contribution in [1.82, 2.24) is 14.5 Å². The topological polar surface area (TPSA) is 100.0 Å². The van der Waals surface area contributed by atoms with E-state index in [9.17, 15) is 18.0 Å². The molecule has 0 aliphatic rings. The molecule has 0 aliphatic heterocycles. The van der Waals surface area contributed by atoms with Gasteiger partial charge in [-0.25, -0.2) is 4.98 Å². The third kappa shape index (κ3) is 9.16. The summed E-state index contributed by atoms with van der Waals surface area (Å²) in [5.41, 5.74) is 8.65. The van der Waals surface area contributed by atoms with Crippen molar-refractivity contribution in [1.29, 1.82) is 5.26 Å². The number of anilines is 1. The van der Waals surface area contributed by atoms with E-state index in [0.29, 0.717) is 34.9 Å². The normalized spacial score (nSPS) is 12.8. The van der Waals surface area contributed by atoms with E-state index in [1.807, 2.05) is 30.5 Å². The van der Waals surface area contributed by atoms with Crippen LogP contribution in [-0.4, -0.2) is 31.5 Å². The fourth-order valence-corrected chi connectivity index (χ4v) is 5.70. The van der Waals surface area contributed by atoms with E-state index in [0.717, 1.165) is 11.6 Å². The molecule has 3 N–H and O–H groups in total. The Morgan fingerprint density at radius 1 is 1.13 bits per heavy atom. The number of rotatable bonds is 12. The first-order chi connectivity index (χ1) is 21.8. The molecule has 0 amide bonds. The van der Waals surface area contributed by atoms with E-state index in [1.165, 1.54) is 23.1 Å². The van der Waals surface area contributed by atoms with Crippen LogP contribution in [0.1, 0.15) is 48.2 Å². The van der Waals surface area contributed by atoms with Crippen LogP contribution in [-0.2, 0) is 30.5 Å². The molecule has 0 saturated heterocycles. The molecule has 0 bridgehead atoms. The number of halogens is 4. The van der Waals surface area contributed by atoms with Gasteiger partial charge in [-0.2, -0.15) is 18.4 Å². The molecule has 4 aromatic rings. The van der Waals surface area contributed by atoms with Crippen molar-refractivity contribution in [2.24, 2.45) is 17.6 Å². The summed E-state index contributed by atoms with van der Waals surface area (Å²) < 4.78 is 43.9. The summed E-state index contributed by atoms with van der Waals surface area (Å²) in [5.74, 6) is -0.930. The number of Topliss-reactive ketones (excluding diaryl/α,β-unsaturated/α-hetero) is 1. The lowest BCUT2D eigenvalue weighted by molar-refractivity contribution is -0.138. The summed E-state index contributed by atoms with van der Waals surface area (Å²) in [6, 6.07) is 21.2. The summed E-state index contributed by atoms with van der Waals surface area (Å²) in [5, 5.41) is 12.6. The number of imidazole rings is 1. The van der Waals surface area contributed by atoms with Gasteiger partial charge in [0.25, 0.3) is 0 Å². The number of aromatic nitrogens is 2. The first-order valence-corrected chi connectivity index (χ1v) is 15.4. The van der Waals surface area contributed by atoms with Crippen LogP contribution in [0, 0.1) is 23.2 Å². The predicted molar refractivity (Wildman–Crippen MR) is 177 cm³/mol. The fourth-order valence-electron chi connectivity index (χ4n) is 5.21. The van der Waals surface area contributed by atoms with Crippen LogP contribution < -0.4 is 11.1 Å². The molecule has 1 heterocycles. The highest BCUT2D eigenvalue weighted by Gasteiger charge is 2.36. The fraction of sp³-hybridized carbons (Fsp3) is 0.294. The molecule has 0 aliphatic carbocycles. The average Bonchev–Trinajstić information content (AvgIpc) is 3.44. The molecule has 46 heavy (non-hydrogen) atoms. The quantitative estimate of drug-likeness (QED) is 0.120. The van der Waals surface area contributed by atoms with Crippen molar-refractivity contribution in [3.8, 4) is 6.07 Å². The van der Waals surface area contributed by atoms with Crippen molar-refractivity contribution >= 4 is 40.4 Å². The molecule has 1 aromatic heterocycles. The minimum Gasteiger partial charge on any atom is -0.333 e. The molecule has 0 spiro atoms. The summed E-state index contributed by atoms with van der Waals surface area (Å²) in [4.78, 5) is 19.7. The zero-order chi connectivity index (χ0) is 33.4. The molecule has 0 saturated carbocycles. The predicted octanol–water partition coefficient (Wildman–Crippen LogP) is 7.43. The van der Waals surface area contributed by atoms with Gasteiger partial charge in [0, 0.05) is 42.1 Å². The van der Waals surface area contributed by atoms with Crippen LogP contribution >= 0.6 is 23.8 Å². The number of benzene rings is 3. The Balaban J connectivity index is 1.64. The number of alkyl halides is 3. The number of ketones is 1. The lowest BCUT2D eigenvalue weighted by atomic mass is 9.88. The Bertz CT molecular complexity index is 1700. The van der Waals surface area contributed by atoms with Crippen molar-refractivity contribution in [3.63, 3.8) is 0 Å². The number of carbonyl (C=O) groups is 1. The van der Waals surface area contributed by atoms with Crippen LogP contribution in [0.3, 0.4) is 0 Å². The number of thiocarbonyl (C=S) groups is 1. The van der Waals surface area contributed by atoms with E-state index in [2.05, 4.69) is 16.4 Å². The zero-order valence-corrected chi connectivity index (χ0v) is 26.9. The largest absolute Gasteiger partial charge is 0.416 e. The van der Waals surface area contributed by atoms with Gasteiger partial charge in [-0.05, 0) is 72.1 Å². The first-order valence-electron chi connectivity index (χ1n) is 14.6. The standard InChI is InChI=1S/C34H34ClF3N6OS/c1-22(2)14-29(31(45)16-28-18-41-21-43(28)19-24-12-10-23(17-39)11-13-24)32(40)44(33(46)42-27-8-5-7-26(35)15-27)20-25-6-3-4-9-30(25)34(36,37)38/h3-13,15,18,21-22,29,32H,14,16,19-20,40H2,1-2H3,(H,42,46)/t29-,32?/m1/s1. The smallest absolute Gasteiger partial charge is 0.333 e. The molecule has 0 fully saturated rings. The van der Waals surface area contributed by atoms with Crippen LogP contribution in [0.25, 0.3) is 0 Å². The molecular weight excluding hydrogens is 633 g/mol. The van der Waals surface area contributed by atoms with Crippen LogP contribution in [0.2, 0.25) is 5.02 Å². The number of nitrogens with two attached hydrogens (primary N) is 1. The number of nitriles is 1. The highest BCUT2D eigenvalue weighted by Crippen LogP contribution is 2.33. The maximum atomic E-state index is 14.0. The molecule has 0 radical (unpaired) electrons. The average molecular weight is 667 g/mol. The van der Waals surface area contributed by atoms with E-state index >= 15 is 0 Å². The third-order valence-corrected chi connectivity index (χ3v) is 8.07. The number of nitrogens with zero attached hydrogens (tertiary/aromatic N) is 4. The summed E-state index contributed by atoms with van der Waals surface area (Å²) in [6.07, 6.45) is -2.05. The first kappa shape index (κ1) is 34.6. The van der Waals surface area contributed by atoms with Crippen molar-refractivity contribution in [2.45, 2.75) is 52.1 Å². The Hall–Kier alpha value is -4.24. The van der Waals surface area contributed by atoms with Gasteiger partial charge in [0.2, 0.25) is 0 Å². The van der Waals surface area contributed by atoms with Gasteiger partial charge in [-0.3, -0.25) is 4.79 Å². The molecular formula is C34H34ClF3N6OS. The van der Waals surface area contributed by atoms with Crippen molar-refractivity contribution in [2.75, 3.05) is 5.32 Å². The van der Waals surface area contributed by atoms with Crippen LogP contribution in [0.4, 0.5) is 18.9 Å².